The molecular weight excluding hydrogens is 410 g/mol. The van der Waals surface area contributed by atoms with Crippen molar-refractivity contribution in [2.75, 3.05) is 18.9 Å². The van der Waals surface area contributed by atoms with E-state index in [0.717, 1.165) is 42.1 Å². The van der Waals surface area contributed by atoms with E-state index in [1.165, 1.54) is 22.4 Å². The Kier molecular flexibility index (Phi) is 5.85. The molecule has 3 heterocycles. The largest absolute Gasteiger partial charge is 0.493 e. The molecule has 33 heavy (non-hydrogen) atoms. The summed E-state index contributed by atoms with van der Waals surface area (Å²) in [6.45, 7) is 8.38. The van der Waals surface area contributed by atoms with Gasteiger partial charge in [0.15, 0.2) is 0 Å². The molecule has 2 atom stereocenters. The lowest BCUT2D eigenvalue weighted by atomic mass is 9.89. The van der Waals surface area contributed by atoms with E-state index in [2.05, 4.69) is 72.5 Å². The number of nitrogens with zero attached hydrogens (tertiary/aromatic N) is 3. The molecule has 2 aliphatic heterocycles. The molecule has 0 aliphatic carbocycles. The van der Waals surface area contributed by atoms with Crippen LogP contribution in [-0.4, -0.2) is 28.8 Å². The summed E-state index contributed by atoms with van der Waals surface area (Å²) in [7, 11) is 0. The van der Waals surface area contributed by atoms with Crippen molar-refractivity contribution >= 4 is 17.3 Å². The monoisotopic (exact) mass is 441 g/mol. The number of hydrogen-bond acceptors (Lipinski definition) is 6. The molecule has 3 N–H and O–H groups in total. The maximum Gasteiger partial charge on any atom is 0.220 e. The Balaban J connectivity index is 1.33. The van der Waals surface area contributed by atoms with E-state index < -0.39 is 0 Å². The molecule has 0 saturated heterocycles. The van der Waals surface area contributed by atoms with Crippen molar-refractivity contribution in [3.05, 3.63) is 65.4 Å². The number of benzene rings is 2. The zero-order valence-corrected chi connectivity index (χ0v) is 19.5. The minimum absolute atomic E-state index is 0.281. The van der Waals surface area contributed by atoms with Gasteiger partial charge in [0.25, 0.3) is 0 Å². The van der Waals surface area contributed by atoms with Gasteiger partial charge in [-0.2, -0.15) is 0 Å². The van der Waals surface area contributed by atoms with Crippen molar-refractivity contribution in [2.24, 2.45) is 16.8 Å². The van der Waals surface area contributed by atoms with E-state index in [1.807, 2.05) is 6.07 Å². The highest BCUT2D eigenvalue weighted by molar-refractivity contribution is 5.96. The van der Waals surface area contributed by atoms with Crippen molar-refractivity contribution in [1.82, 2.24) is 15.3 Å². The third-order valence-corrected chi connectivity index (χ3v) is 6.49. The minimum Gasteiger partial charge on any atom is -0.493 e. The van der Waals surface area contributed by atoms with Crippen LogP contribution in [0.25, 0.3) is 11.3 Å². The summed E-state index contributed by atoms with van der Waals surface area (Å²) in [5.74, 6) is 2.21. The van der Waals surface area contributed by atoms with Crippen LogP contribution in [-0.2, 0) is 12.8 Å². The Bertz CT molecular complexity index is 1200. The zero-order chi connectivity index (χ0) is 22.9. The molecule has 6 heteroatoms. The van der Waals surface area contributed by atoms with Gasteiger partial charge >= 0.3 is 0 Å². The van der Waals surface area contributed by atoms with E-state index >= 15 is 0 Å². The lowest BCUT2D eigenvalue weighted by Gasteiger charge is -2.27. The molecule has 0 bridgehead atoms. The fourth-order valence-electron chi connectivity index (χ4n) is 4.56. The maximum atomic E-state index is 6.15. The topological polar surface area (TPSA) is 85.4 Å². The molecule has 2 aromatic carbocycles. The summed E-state index contributed by atoms with van der Waals surface area (Å²) in [5, 5.41) is 3.62. The van der Waals surface area contributed by atoms with Crippen molar-refractivity contribution < 1.29 is 4.74 Å². The standard InChI is InChI=1S/C27H31N5O/c1-16(2)14-30-17(3)18-6-7-26-21(10-18)11-22(15-33-26)25-13-20-5-4-19(12-24(20)31-25)23-8-9-29-27(28)32-23/h4-10,12,16-17,22,30H,11,13-15H2,1-3H3,(H2,28,29,32). The fourth-order valence-corrected chi connectivity index (χ4v) is 4.56. The lowest BCUT2D eigenvalue weighted by molar-refractivity contribution is 0.258. The molecule has 0 spiro atoms. The number of nitrogens with two attached hydrogens (primary N) is 1. The predicted octanol–water partition coefficient (Wildman–Crippen LogP) is 4.91. The second-order valence-corrected chi connectivity index (χ2v) is 9.53. The molecule has 6 nitrogen and oxygen atoms in total. The molecule has 0 radical (unpaired) electrons. The van der Waals surface area contributed by atoms with Crippen LogP contribution in [0.2, 0.25) is 0 Å². The van der Waals surface area contributed by atoms with Gasteiger partial charge < -0.3 is 15.8 Å². The van der Waals surface area contributed by atoms with Gasteiger partial charge in [0.05, 0.1) is 18.0 Å². The van der Waals surface area contributed by atoms with Gasteiger partial charge in [-0.05, 0) is 60.7 Å². The molecular formula is C27H31N5O. The van der Waals surface area contributed by atoms with E-state index in [0.29, 0.717) is 18.6 Å². The van der Waals surface area contributed by atoms with E-state index in [1.54, 1.807) is 6.20 Å². The highest BCUT2D eigenvalue weighted by Gasteiger charge is 2.28. The minimum atomic E-state index is 0.281. The van der Waals surface area contributed by atoms with Crippen LogP contribution in [0.3, 0.4) is 0 Å². The average Bonchev–Trinajstić information content (AvgIpc) is 3.25. The smallest absolute Gasteiger partial charge is 0.220 e. The number of anilines is 1. The molecule has 0 amide bonds. The highest BCUT2D eigenvalue weighted by atomic mass is 16.5. The SMILES string of the molecule is CC(C)CNC(C)c1ccc2c(c1)CC(C1=Nc3cc(-c4ccnc(N)n4)ccc3C1)CO2. The van der Waals surface area contributed by atoms with Gasteiger partial charge in [-0.3, -0.25) is 4.99 Å². The number of aliphatic imine (C=N–C) groups is 1. The predicted molar refractivity (Wildman–Crippen MR) is 133 cm³/mol. The molecule has 170 valence electrons. The number of hydrogen-bond donors (Lipinski definition) is 2. The number of nitrogens with one attached hydrogen (secondary N) is 1. The van der Waals surface area contributed by atoms with Crippen LogP contribution in [0.4, 0.5) is 11.6 Å². The average molecular weight is 442 g/mol. The van der Waals surface area contributed by atoms with Crippen molar-refractivity contribution in [3.63, 3.8) is 0 Å². The highest BCUT2D eigenvalue weighted by Crippen LogP contribution is 2.36. The first-order valence-electron chi connectivity index (χ1n) is 11.7. The van der Waals surface area contributed by atoms with Gasteiger partial charge in [0.2, 0.25) is 5.95 Å². The van der Waals surface area contributed by atoms with E-state index in [-0.39, 0.29) is 11.9 Å². The maximum absolute atomic E-state index is 6.15. The number of nitrogen functional groups attached to an aromatic ring is 1. The Labute approximate surface area is 195 Å². The summed E-state index contributed by atoms with van der Waals surface area (Å²) < 4.78 is 6.15. The molecule has 0 fully saturated rings. The Morgan fingerprint density at radius 1 is 1.09 bits per heavy atom. The van der Waals surface area contributed by atoms with Crippen molar-refractivity contribution in [2.45, 2.75) is 39.7 Å². The van der Waals surface area contributed by atoms with Crippen LogP contribution in [0, 0.1) is 11.8 Å². The van der Waals surface area contributed by atoms with E-state index in [9.17, 15) is 0 Å². The van der Waals surface area contributed by atoms with Crippen LogP contribution < -0.4 is 15.8 Å². The van der Waals surface area contributed by atoms with Crippen molar-refractivity contribution in [3.8, 4) is 17.0 Å². The summed E-state index contributed by atoms with van der Waals surface area (Å²) >= 11 is 0. The van der Waals surface area contributed by atoms with Gasteiger partial charge in [-0.15, -0.1) is 0 Å². The Morgan fingerprint density at radius 3 is 2.79 bits per heavy atom. The molecule has 3 aromatic rings. The Morgan fingerprint density at radius 2 is 1.97 bits per heavy atom. The van der Waals surface area contributed by atoms with E-state index in [4.69, 9.17) is 15.5 Å². The zero-order valence-electron chi connectivity index (χ0n) is 19.5. The first-order chi connectivity index (χ1) is 16.0. The normalized spacial score (nSPS) is 17.8. The van der Waals surface area contributed by atoms with Gasteiger partial charge in [0, 0.05) is 35.9 Å². The summed E-state index contributed by atoms with van der Waals surface area (Å²) in [5.41, 5.74) is 13.6. The second kappa shape index (κ2) is 8.94. The lowest BCUT2D eigenvalue weighted by Crippen LogP contribution is -2.29. The number of aromatic nitrogens is 2. The molecule has 0 saturated carbocycles. The van der Waals surface area contributed by atoms with Crippen LogP contribution in [0.5, 0.6) is 5.75 Å². The van der Waals surface area contributed by atoms with Gasteiger partial charge in [-0.1, -0.05) is 38.1 Å². The third-order valence-electron chi connectivity index (χ3n) is 6.49. The Hall–Kier alpha value is -3.25. The number of ether oxygens (including phenoxy) is 1. The van der Waals surface area contributed by atoms with Crippen LogP contribution in [0.15, 0.2) is 53.7 Å². The summed E-state index contributed by atoms with van der Waals surface area (Å²) in [6.07, 6.45) is 3.52. The molecule has 2 unspecified atom stereocenters. The first-order valence-corrected chi connectivity index (χ1v) is 11.7. The molecule has 1 aromatic heterocycles. The van der Waals surface area contributed by atoms with Crippen LogP contribution in [0.1, 0.15) is 43.5 Å². The number of rotatable bonds is 6. The second-order valence-electron chi connectivity index (χ2n) is 9.53. The van der Waals surface area contributed by atoms with Crippen molar-refractivity contribution in [1.29, 1.82) is 0 Å². The third kappa shape index (κ3) is 4.62. The van der Waals surface area contributed by atoms with Gasteiger partial charge in [-0.25, -0.2) is 9.97 Å². The quantitative estimate of drug-likeness (QED) is 0.568. The summed E-state index contributed by atoms with van der Waals surface area (Å²) in [4.78, 5) is 13.3. The fraction of sp³-hybridized carbons (Fsp3) is 0.370. The number of fused-ring (bicyclic) bond motifs is 2. The first kappa shape index (κ1) is 21.6. The van der Waals surface area contributed by atoms with Gasteiger partial charge in [0.1, 0.15) is 5.75 Å². The molecule has 5 rings (SSSR count). The summed E-state index contributed by atoms with van der Waals surface area (Å²) in [6, 6.07) is 15.1. The van der Waals surface area contributed by atoms with Crippen LogP contribution >= 0.6 is 0 Å². The molecule has 2 aliphatic rings.